The fourth-order valence-electron chi connectivity index (χ4n) is 5.05. The van der Waals surface area contributed by atoms with Gasteiger partial charge in [-0.2, -0.15) is 5.10 Å². The third-order valence-electron chi connectivity index (χ3n) is 6.94. The number of aromatic amines is 1. The van der Waals surface area contributed by atoms with Crippen molar-refractivity contribution < 1.29 is 8.78 Å². The summed E-state index contributed by atoms with van der Waals surface area (Å²) >= 11 is 0. The number of halogens is 2. The minimum absolute atomic E-state index is 0.00520. The van der Waals surface area contributed by atoms with Crippen LogP contribution in [0.25, 0.3) is 11.1 Å². The number of piperazine rings is 1. The van der Waals surface area contributed by atoms with Gasteiger partial charge in [-0.25, -0.2) is 13.8 Å². The van der Waals surface area contributed by atoms with E-state index in [0.717, 1.165) is 50.2 Å². The van der Waals surface area contributed by atoms with Crippen LogP contribution in [0.4, 0.5) is 14.5 Å². The number of benzene rings is 2. The number of allylic oxidation sites excluding steroid dienone is 1. The Morgan fingerprint density at radius 1 is 1.08 bits per heavy atom. The highest BCUT2D eigenvalue weighted by atomic mass is 19.3. The van der Waals surface area contributed by atoms with Gasteiger partial charge in [0.2, 0.25) is 0 Å². The molecule has 38 heavy (non-hydrogen) atoms. The first-order valence-corrected chi connectivity index (χ1v) is 12.8. The van der Waals surface area contributed by atoms with E-state index in [4.69, 9.17) is 0 Å². The summed E-state index contributed by atoms with van der Waals surface area (Å²) in [5.74, 6) is -2.43. The van der Waals surface area contributed by atoms with Crippen molar-refractivity contribution >= 4 is 11.5 Å². The van der Waals surface area contributed by atoms with Crippen molar-refractivity contribution in [3.63, 3.8) is 0 Å². The second-order valence-electron chi connectivity index (χ2n) is 9.84. The summed E-state index contributed by atoms with van der Waals surface area (Å²) in [4.78, 5) is 9.00. The number of aromatic nitrogens is 2. The van der Waals surface area contributed by atoms with Crippen molar-refractivity contribution in [1.29, 1.82) is 0 Å². The topological polar surface area (TPSA) is 59.6 Å². The second kappa shape index (κ2) is 11.2. The Kier molecular flexibility index (Phi) is 7.99. The van der Waals surface area contributed by atoms with Gasteiger partial charge < -0.3 is 15.1 Å². The molecule has 200 valence electrons. The molecule has 6 nitrogen and oxygen atoms in total. The van der Waals surface area contributed by atoms with Gasteiger partial charge >= 0.3 is 0 Å². The van der Waals surface area contributed by atoms with Gasteiger partial charge in [-0.05, 0) is 51.0 Å². The molecule has 0 spiro atoms. The third kappa shape index (κ3) is 5.96. The van der Waals surface area contributed by atoms with Crippen molar-refractivity contribution in [2.24, 2.45) is 4.99 Å². The fraction of sp³-hybridized carbons (Fsp3) is 0.333. The van der Waals surface area contributed by atoms with Crippen LogP contribution in [0.3, 0.4) is 0 Å². The summed E-state index contributed by atoms with van der Waals surface area (Å²) in [5, 5.41) is 10.7. The Balaban J connectivity index is 1.40. The summed E-state index contributed by atoms with van der Waals surface area (Å²) in [7, 11) is 0. The molecule has 0 unspecified atom stereocenters. The van der Waals surface area contributed by atoms with Gasteiger partial charge in [0.1, 0.15) is 5.84 Å². The first-order chi connectivity index (χ1) is 18.1. The number of nitrogens with one attached hydrogen (secondary N) is 2. The maximum absolute atomic E-state index is 14.1. The van der Waals surface area contributed by atoms with Crippen LogP contribution in [-0.4, -0.2) is 47.1 Å². The Bertz CT molecular complexity index is 1320. The van der Waals surface area contributed by atoms with Crippen molar-refractivity contribution in [3.05, 3.63) is 95.2 Å². The molecule has 0 atom stereocenters. The monoisotopic (exact) mass is 518 g/mol. The van der Waals surface area contributed by atoms with Crippen LogP contribution in [0.5, 0.6) is 0 Å². The summed E-state index contributed by atoms with van der Waals surface area (Å²) in [6.45, 7) is 15.9. The lowest BCUT2D eigenvalue weighted by Gasteiger charge is -2.36. The number of hydrogen-bond acceptors (Lipinski definition) is 4. The van der Waals surface area contributed by atoms with Gasteiger partial charge in [0.15, 0.2) is 0 Å². The van der Waals surface area contributed by atoms with E-state index in [1.807, 2.05) is 20.8 Å². The molecule has 1 aliphatic rings. The molecule has 0 saturated carbocycles. The van der Waals surface area contributed by atoms with E-state index in [0.29, 0.717) is 17.0 Å². The standard InChI is InChI=1S/C30H36F2N6/c1-7-33-29(26-9-8-10-27(21(26)3)30(6,31)32)34-20(2)19-37-15-17-38(18-16-37)25-13-11-24(12-14-25)28-22(4)35-36-23(28)5/h7-14,19H,1,15-18H2,2-6H3,(H,33,34)(H,35,36)/b20-19+. The highest BCUT2D eigenvalue weighted by Crippen LogP contribution is 2.31. The van der Waals surface area contributed by atoms with Crippen molar-refractivity contribution in [2.45, 2.75) is 40.5 Å². The van der Waals surface area contributed by atoms with Crippen LogP contribution in [-0.2, 0) is 5.92 Å². The first-order valence-electron chi connectivity index (χ1n) is 12.8. The second-order valence-corrected chi connectivity index (χ2v) is 9.84. The Morgan fingerprint density at radius 3 is 2.34 bits per heavy atom. The number of hydrogen-bond donors (Lipinski definition) is 2. The molecular weight excluding hydrogens is 482 g/mol. The summed E-state index contributed by atoms with van der Waals surface area (Å²) in [6.07, 6.45) is 3.49. The maximum Gasteiger partial charge on any atom is 0.270 e. The van der Waals surface area contributed by atoms with E-state index in [1.54, 1.807) is 19.1 Å². The summed E-state index contributed by atoms with van der Waals surface area (Å²) in [5.41, 5.74) is 7.62. The van der Waals surface area contributed by atoms with E-state index in [9.17, 15) is 8.78 Å². The number of aryl methyl sites for hydroxylation is 2. The molecule has 1 saturated heterocycles. The average Bonchev–Trinajstić information content (AvgIpc) is 3.21. The lowest BCUT2D eigenvalue weighted by atomic mass is 9.97. The van der Waals surface area contributed by atoms with Gasteiger partial charge in [-0.3, -0.25) is 5.10 Å². The molecule has 1 aromatic heterocycles. The van der Waals surface area contributed by atoms with Gasteiger partial charge in [0, 0.05) is 79.3 Å². The zero-order valence-electron chi connectivity index (χ0n) is 22.8. The number of H-pyrrole nitrogens is 1. The highest BCUT2D eigenvalue weighted by molar-refractivity contribution is 6.01. The summed E-state index contributed by atoms with van der Waals surface area (Å²) < 4.78 is 28.2. The Hall–Kier alpha value is -3.94. The molecule has 0 amide bonds. The molecule has 4 rings (SSSR count). The molecule has 3 aromatic rings. The van der Waals surface area contributed by atoms with Gasteiger partial charge in [0.25, 0.3) is 5.92 Å². The minimum atomic E-state index is -2.93. The zero-order chi connectivity index (χ0) is 27.4. The van der Waals surface area contributed by atoms with Gasteiger partial charge in [-0.15, -0.1) is 0 Å². The van der Waals surface area contributed by atoms with E-state index in [-0.39, 0.29) is 5.56 Å². The molecule has 2 heterocycles. The summed E-state index contributed by atoms with van der Waals surface area (Å²) in [6, 6.07) is 13.6. The zero-order valence-corrected chi connectivity index (χ0v) is 22.8. The van der Waals surface area contributed by atoms with Crippen LogP contribution in [0.15, 0.2) is 72.1 Å². The predicted octanol–water partition coefficient (Wildman–Crippen LogP) is 6.28. The highest BCUT2D eigenvalue weighted by Gasteiger charge is 2.28. The molecule has 0 radical (unpaired) electrons. The molecule has 2 N–H and O–H groups in total. The van der Waals surface area contributed by atoms with Gasteiger partial charge in [-0.1, -0.05) is 36.9 Å². The number of anilines is 1. The van der Waals surface area contributed by atoms with Crippen LogP contribution in [0.2, 0.25) is 0 Å². The average molecular weight is 519 g/mol. The molecule has 0 aliphatic carbocycles. The van der Waals surface area contributed by atoms with E-state index in [2.05, 4.69) is 67.4 Å². The molecule has 8 heteroatoms. The molecule has 2 aromatic carbocycles. The third-order valence-corrected chi connectivity index (χ3v) is 6.94. The molecule has 0 bridgehead atoms. The van der Waals surface area contributed by atoms with Crippen molar-refractivity contribution in [2.75, 3.05) is 31.1 Å². The molecule has 1 aliphatic heterocycles. The number of aliphatic imine (C=N–C) groups is 1. The smallest absolute Gasteiger partial charge is 0.270 e. The van der Waals surface area contributed by atoms with Crippen LogP contribution in [0, 0.1) is 20.8 Å². The maximum atomic E-state index is 14.1. The number of alkyl halides is 2. The van der Waals surface area contributed by atoms with Crippen molar-refractivity contribution in [1.82, 2.24) is 20.4 Å². The number of amidine groups is 1. The minimum Gasteiger partial charge on any atom is -0.372 e. The predicted molar refractivity (Wildman–Crippen MR) is 152 cm³/mol. The van der Waals surface area contributed by atoms with Crippen LogP contribution >= 0.6 is 0 Å². The molecular formula is C30H36F2N6. The largest absolute Gasteiger partial charge is 0.372 e. The molecule has 1 fully saturated rings. The van der Waals surface area contributed by atoms with E-state index in [1.165, 1.54) is 29.1 Å². The fourth-order valence-corrected chi connectivity index (χ4v) is 5.05. The Morgan fingerprint density at radius 2 is 1.76 bits per heavy atom. The quantitative estimate of drug-likeness (QED) is 0.286. The van der Waals surface area contributed by atoms with E-state index < -0.39 is 5.92 Å². The van der Waals surface area contributed by atoms with Gasteiger partial charge in [0.05, 0.1) is 5.69 Å². The number of nitrogens with zero attached hydrogens (tertiary/aromatic N) is 4. The number of rotatable bonds is 7. The van der Waals surface area contributed by atoms with Crippen LogP contribution in [0.1, 0.15) is 41.9 Å². The SMILES string of the molecule is C=CN=C(N/C(C)=C/N1CCN(c2ccc(-c3c(C)n[nH]c3C)cc2)CC1)c1cccc(C(C)(F)F)c1C. The first kappa shape index (κ1) is 27.1. The lowest BCUT2D eigenvalue weighted by molar-refractivity contribution is 0.0168. The van der Waals surface area contributed by atoms with Crippen LogP contribution < -0.4 is 10.2 Å². The van der Waals surface area contributed by atoms with E-state index >= 15 is 0 Å². The van der Waals surface area contributed by atoms with Crippen molar-refractivity contribution in [3.8, 4) is 11.1 Å². The Labute approximate surface area is 223 Å². The normalized spacial score (nSPS) is 15.1. The lowest BCUT2D eigenvalue weighted by Crippen LogP contribution is -2.44.